The second-order valence-corrected chi connectivity index (χ2v) is 9.74. The van der Waals surface area contributed by atoms with Crippen molar-refractivity contribution in [3.8, 4) is 23.0 Å². The van der Waals surface area contributed by atoms with E-state index < -0.39 is 24.3 Å². The average molecular weight is 623 g/mol. The van der Waals surface area contributed by atoms with Crippen molar-refractivity contribution in [3.63, 3.8) is 0 Å². The van der Waals surface area contributed by atoms with Gasteiger partial charge < -0.3 is 39.4 Å². The Morgan fingerprint density at radius 2 is 1.82 bits per heavy atom. The SMILES string of the molecule is CCOc1cc([C@H]2NC(=O)NC(C)=C2C(=O)OC)ccc1OC[C@@H](O)N/N=C\c1ccc(OCc2cccc(F)c2)c(OC)c1. The Morgan fingerprint density at radius 1 is 1.04 bits per heavy atom. The summed E-state index contributed by atoms with van der Waals surface area (Å²) >= 11 is 0. The molecule has 3 aromatic rings. The summed E-state index contributed by atoms with van der Waals surface area (Å²) in [7, 11) is 2.77. The summed E-state index contributed by atoms with van der Waals surface area (Å²) in [6, 6.07) is 15.0. The molecule has 13 heteroatoms. The lowest BCUT2D eigenvalue weighted by atomic mass is 9.95. The van der Waals surface area contributed by atoms with Gasteiger partial charge in [-0.2, -0.15) is 5.10 Å². The molecule has 0 aliphatic carbocycles. The van der Waals surface area contributed by atoms with E-state index in [-0.39, 0.29) is 24.6 Å². The lowest BCUT2D eigenvalue weighted by Gasteiger charge is -2.28. The monoisotopic (exact) mass is 622 g/mol. The fourth-order valence-corrected chi connectivity index (χ4v) is 4.49. The lowest BCUT2D eigenvalue weighted by molar-refractivity contribution is -0.136. The van der Waals surface area contributed by atoms with Crippen LogP contribution >= 0.6 is 0 Å². The molecule has 4 rings (SSSR count). The summed E-state index contributed by atoms with van der Waals surface area (Å²) in [5.74, 6) is 0.707. The highest BCUT2D eigenvalue weighted by Gasteiger charge is 2.32. The minimum atomic E-state index is -1.17. The molecule has 1 heterocycles. The van der Waals surface area contributed by atoms with Crippen molar-refractivity contribution < 1.29 is 42.8 Å². The molecule has 0 fully saturated rings. The van der Waals surface area contributed by atoms with E-state index in [2.05, 4.69) is 21.2 Å². The third-order valence-corrected chi connectivity index (χ3v) is 6.58. The lowest BCUT2D eigenvalue weighted by Crippen LogP contribution is -2.45. The zero-order valence-corrected chi connectivity index (χ0v) is 25.3. The molecule has 3 aromatic carbocycles. The highest BCUT2D eigenvalue weighted by Crippen LogP contribution is 2.35. The molecule has 0 spiro atoms. The van der Waals surface area contributed by atoms with E-state index >= 15 is 0 Å². The van der Waals surface area contributed by atoms with Gasteiger partial charge in [-0.05, 0) is 73.0 Å². The number of carbonyl (C=O) groups excluding carboxylic acids is 2. The van der Waals surface area contributed by atoms with E-state index in [4.69, 9.17) is 23.7 Å². The van der Waals surface area contributed by atoms with E-state index in [1.54, 1.807) is 62.4 Å². The Hall–Kier alpha value is -5.30. The van der Waals surface area contributed by atoms with Crippen LogP contribution in [0.4, 0.5) is 9.18 Å². The van der Waals surface area contributed by atoms with Gasteiger partial charge in [0.25, 0.3) is 0 Å². The largest absolute Gasteiger partial charge is 0.493 e. The summed E-state index contributed by atoms with van der Waals surface area (Å²) in [6.45, 7) is 3.73. The number of rotatable bonds is 14. The van der Waals surface area contributed by atoms with Gasteiger partial charge in [0.15, 0.2) is 29.2 Å². The molecule has 2 amide bonds. The maximum atomic E-state index is 13.4. The van der Waals surface area contributed by atoms with Gasteiger partial charge in [0, 0.05) is 5.70 Å². The van der Waals surface area contributed by atoms with E-state index in [1.165, 1.54) is 32.6 Å². The number of methoxy groups -OCH3 is 2. The number of carbonyl (C=O) groups is 2. The van der Waals surface area contributed by atoms with Gasteiger partial charge in [0.1, 0.15) is 19.0 Å². The molecule has 4 N–H and O–H groups in total. The van der Waals surface area contributed by atoms with Crippen LogP contribution in [0.3, 0.4) is 0 Å². The van der Waals surface area contributed by atoms with Gasteiger partial charge in [-0.15, -0.1) is 0 Å². The molecule has 1 aliphatic heterocycles. The molecular weight excluding hydrogens is 587 g/mol. The number of allylic oxidation sites excluding steroid dienone is 1. The van der Waals surface area contributed by atoms with Crippen molar-refractivity contribution >= 4 is 18.2 Å². The van der Waals surface area contributed by atoms with Gasteiger partial charge in [-0.25, -0.2) is 14.0 Å². The van der Waals surface area contributed by atoms with E-state index in [0.717, 1.165) is 0 Å². The Morgan fingerprint density at radius 3 is 2.56 bits per heavy atom. The molecule has 0 aromatic heterocycles. The third-order valence-electron chi connectivity index (χ3n) is 6.58. The second kappa shape index (κ2) is 15.4. The maximum Gasteiger partial charge on any atom is 0.337 e. The maximum absolute atomic E-state index is 13.4. The molecule has 0 unspecified atom stereocenters. The number of benzene rings is 3. The zero-order valence-electron chi connectivity index (χ0n) is 25.3. The number of aliphatic hydroxyl groups is 1. The smallest absolute Gasteiger partial charge is 0.337 e. The van der Waals surface area contributed by atoms with Crippen LogP contribution in [0.5, 0.6) is 23.0 Å². The van der Waals surface area contributed by atoms with E-state index in [1.807, 2.05) is 0 Å². The van der Waals surface area contributed by atoms with Crippen molar-refractivity contribution in [2.45, 2.75) is 32.7 Å². The molecule has 0 bridgehead atoms. The Kier molecular flexibility index (Phi) is 11.2. The van der Waals surface area contributed by atoms with Crippen LogP contribution in [0, 0.1) is 5.82 Å². The van der Waals surface area contributed by atoms with Crippen LogP contribution in [0.1, 0.15) is 36.6 Å². The third kappa shape index (κ3) is 8.63. The summed E-state index contributed by atoms with van der Waals surface area (Å²) in [6.07, 6.45) is 0.316. The predicted molar refractivity (Wildman–Crippen MR) is 163 cm³/mol. The minimum absolute atomic E-state index is 0.170. The molecule has 2 atom stereocenters. The van der Waals surface area contributed by atoms with Crippen molar-refractivity contribution in [3.05, 3.63) is 94.4 Å². The van der Waals surface area contributed by atoms with Gasteiger partial charge in [-0.3, -0.25) is 5.43 Å². The Balaban J connectivity index is 1.36. The first-order valence-corrected chi connectivity index (χ1v) is 14.0. The van der Waals surface area contributed by atoms with Crippen molar-refractivity contribution in [1.29, 1.82) is 0 Å². The van der Waals surface area contributed by atoms with E-state index in [9.17, 15) is 19.1 Å². The van der Waals surface area contributed by atoms with Crippen molar-refractivity contribution in [2.75, 3.05) is 27.4 Å². The quantitative estimate of drug-likeness (QED) is 0.0908. The number of hydrazone groups is 1. The van der Waals surface area contributed by atoms with Gasteiger partial charge in [-0.1, -0.05) is 18.2 Å². The van der Waals surface area contributed by atoms with Crippen LogP contribution in [0.15, 0.2) is 77.0 Å². The minimum Gasteiger partial charge on any atom is -0.493 e. The first-order chi connectivity index (χ1) is 21.7. The number of aliphatic hydroxyl groups excluding tert-OH is 1. The number of esters is 1. The zero-order chi connectivity index (χ0) is 32.3. The summed E-state index contributed by atoms with van der Waals surface area (Å²) in [5, 5.41) is 19.8. The molecule has 0 saturated heterocycles. The number of nitrogens with one attached hydrogen (secondary N) is 3. The molecule has 0 saturated carbocycles. The van der Waals surface area contributed by atoms with Crippen molar-refractivity contribution in [2.24, 2.45) is 5.10 Å². The van der Waals surface area contributed by atoms with Gasteiger partial charge in [0.2, 0.25) is 0 Å². The van der Waals surface area contributed by atoms with Crippen LogP contribution < -0.4 is 35.0 Å². The van der Waals surface area contributed by atoms with Gasteiger partial charge in [0.05, 0.1) is 38.7 Å². The van der Waals surface area contributed by atoms with Crippen LogP contribution in [0.25, 0.3) is 0 Å². The predicted octanol–water partition coefficient (Wildman–Crippen LogP) is 3.93. The Bertz CT molecular complexity index is 1580. The summed E-state index contributed by atoms with van der Waals surface area (Å²) in [5.41, 5.74) is 5.16. The fourth-order valence-electron chi connectivity index (χ4n) is 4.49. The molecular formula is C32H35FN4O8. The topological polar surface area (TPSA) is 149 Å². The summed E-state index contributed by atoms with van der Waals surface area (Å²) < 4.78 is 41.1. The standard InChI is InChI=1S/C32H35FN4O8/c1-5-43-27-15-22(30-29(31(39)42-4)19(2)35-32(40)36-30)10-12-25(27)45-18-28(38)37-34-16-20-9-11-24(26(14-20)41-3)44-17-21-7-6-8-23(33)13-21/h6-16,28,30,37-38H,5,17-18H2,1-4H3,(H2,35,36,40)/b34-16-/t28-,30-/m1/s1. The van der Waals surface area contributed by atoms with Crippen LogP contribution in [0.2, 0.25) is 0 Å². The normalized spacial score (nSPS) is 15.2. The average Bonchev–Trinajstić information content (AvgIpc) is 3.03. The first-order valence-electron chi connectivity index (χ1n) is 14.0. The molecule has 45 heavy (non-hydrogen) atoms. The van der Waals surface area contributed by atoms with Crippen molar-refractivity contribution in [1.82, 2.24) is 16.1 Å². The fraction of sp³-hybridized carbons (Fsp3) is 0.281. The van der Waals surface area contributed by atoms with E-state index in [0.29, 0.717) is 52.0 Å². The molecule has 0 radical (unpaired) electrons. The summed E-state index contributed by atoms with van der Waals surface area (Å²) in [4.78, 5) is 24.6. The van der Waals surface area contributed by atoms with Crippen LogP contribution in [-0.4, -0.2) is 57.0 Å². The number of hydrogen-bond donors (Lipinski definition) is 4. The number of urea groups is 1. The number of ether oxygens (including phenoxy) is 5. The first kappa shape index (κ1) is 32.6. The Labute approximate surface area is 259 Å². The second-order valence-electron chi connectivity index (χ2n) is 9.74. The number of nitrogens with zero attached hydrogens (tertiary/aromatic N) is 1. The molecule has 12 nitrogen and oxygen atoms in total. The molecule has 238 valence electrons. The van der Waals surface area contributed by atoms with Gasteiger partial charge >= 0.3 is 12.0 Å². The number of halogens is 1. The van der Waals surface area contributed by atoms with Crippen LogP contribution in [-0.2, 0) is 16.1 Å². The molecule has 1 aliphatic rings. The highest BCUT2D eigenvalue weighted by molar-refractivity contribution is 5.95. The number of hydrogen-bond acceptors (Lipinski definition) is 10. The highest BCUT2D eigenvalue weighted by atomic mass is 19.1. The number of amides is 2.